The first kappa shape index (κ1) is 26.6. The normalized spacial score (nSPS) is 20.8. The molecule has 1 aromatic heterocycles. The summed E-state index contributed by atoms with van der Waals surface area (Å²) in [6.45, 7) is 0.123. The maximum atomic E-state index is 14.2. The van der Waals surface area contributed by atoms with Crippen molar-refractivity contribution in [1.29, 1.82) is 0 Å². The van der Waals surface area contributed by atoms with Gasteiger partial charge in [-0.05, 0) is 55.3 Å². The van der Waals surface area contributed by atoms with Gasteiger partial charge in [0.05, 0.1) is 24.9 Å². The number of nitrogens with one attached hydrogen (secondary N) is 2. The summed E-state index contributed by atoms with van der Waals surface area (Å²) >= 11 is 0. The number of sulfonamides is 1. The van der Waals surface area contributed by atoms with Crippen LogP contribution in [-0.4, -0.2) is 73.2 Å². The molecule has 3 aromatic rings. The van der Waals surface area contributed by atoms with Gasteiger partial charge in [0, 0.05) is 37.4 Å². The van der Waals surface area contributed by atoms with Crippen LogP contribution in [0.4, 0.5) is 4.39 Å². The van der Waals surface area contributed by atoms with Crippen molar-refractivity contribution in [2.45, 2.75) is 36.2 Å². The van der Waals surface area contributed by atoms with Gasteiger partial charge in [-0.2, -0.15) is 9.40 Å². The quantitative estimate of drug-likeness (QED) is 0.501. The summed E-state index contributed by atoms with van der Waals surface area (Å²) in [5.74, 6) is -1.24. The largest absolute Gasteiger partial charge is 0.495 e. The molecular formula is C26H28FN5O6S. The molecule has 13 heteroatoms. The third kappa shape index (κ3) is 5.45. The second-order valence-corrected chi connectivity index (χ2v) is 11.1. The zero-order valence-corrected chi connectivity index (χ0v) is 22.0. The van der Waals surface area contributed by atoms with E-state index in [9.17, 15) is 22.4 Å². The zero-order chi connectivity index (χ0) is 27.6. The van der Waals surface area contributed by atoms with Crippen molar-refractivity contribution >= 4 is 21.8 Å². The number of methoxy groups -OCH3 is 1. The third-order valence-corrected chi connectivity index (χ3v) is 8.84. The Bertz CT molecular complexity index is 1480. The summed E-state index contributed by atoms with van der Waals surface area (Å²) in [6.07, 6.45) is 4.03. The number of aromatic nitrogens is 2. The van der Waals surface area contributed by atoms with Crippen molar-refractivity contribution in [3.05, 3.63) is 66.2 Å². The summed E-state index contributed by atoms with van der Waals surface area (Å²) in [4.78, 5) is 25.7. The minimum Gasteiger partial charge on any atom is -0.495 e. The van der Waals surface area contributed by atoms with Crippen LogP contribution in [0.1, 0.15) is 29.6 Å². The molecule has 5 rings (SSSR count). The van der Waals surface area contributed by atoms with Gasteiger partial charge in [-0.1, -0.05) is 0 Å². The second-order valence-electron chi connectivity index (χ2n) is 9.26. The van der Waals surface area contributed by atoms with Crippen molar-refractivity contribution in [2.24, 2.45) is 0 Å². The predicted octanol–water partition coefficient (Wildman–Crippen LogP) is 1.87. The fraction of sp³-hybridized carbons (Fsp3) is 0.346. The minimum absolute atomic E-state index is 0.0177. The van der Waals surface area contributed by atoms with E-state index < -0.39 is 33.8 Å². The van der Waals surface area contributed by atoms with E-state index in [0.717, 1.165) is 6.07 Å². The van der Waals surface area contributed by atoms with E-state index >= 15 is 0 Å². The lowest BCUT2D eigenvalue weighted by atomic mass is 10.1. The van der Waals surface area contributed by atoms with Crippen molar-refractivity contribution in [2.75, 3.05) is 26.8 Å². The number of halogens is 1. The van der Waals surface area contributed by atoms with E-state index in [4.69, 9.17) is 9.47 Å². The first-order chi connectivity index (χ1) is 18.8. The molecule has 2 aliphatic heterocycles. The first-order valence-corrected chi connectivity index (χ1v) is 13.9. The van der Waals surface area contributed by atoms with Crippen molar-refractivity contribution in [3.63, 3.8) is 0 Å². The number of carbonyl (C=O) groups is 2. The summed E-state index contributed by atoms with van der Waals surface area (Å²) in [5.41, 5.74) is 0.495. The SMILES string of the molecule is COc1ccc(-n2cccn2)cc1S(=O)(=O)N1[C@@H]2CC[C@H]1CC(=O)NCCOc1ccc(F)cc1C(=O)NC2. The van der Waals surface area contributed by atoms with Crippen LogP contribution in [0.2, 0.25) is 0 Å². The van der Waals surface area contributed by atoms with E-state index in [0.29, 0.717) is 18.5 Å². The molecule has 2 amide bonds. The average molecular weight is 558 g/mol. The number of hydrogen-bond donors (Lipinski definition) is 2. The number of nitrogens with zero attached hydrogens (tertiary/aromatic N) is 3. The Labute approximate surface area is 224 Å². The third-order valence-electron chi connectivity index (χ3n) is 6.81. The molecule has 0 radical (unpaired) electrons. The van der Waals surface area contributed by atoms with Crippen LogP contribution < -0.4 is 20.1 Å². The van der Waals surface area contributed by atoms with E-state index in [1.807, 2.05) is 0 Å². The van der Waals surface area contributed by atoms with Crippen LogP contribution in [0, 0.1) is 5.82 Å². The van der Waals surface area contributed by atoms with Crippen molar-refractivity contribution < 1.29 is 31.9 Å². The van der Waals surface area contributed by atoms with Crippen LogP contribution in [0.3, 0.4) is 0 Å². The fourth-order valence-electron chi connectivity index (χ4n) is 5.01. The number of ether oxygens (including phenoxy) is 2. The van der Waals surface area contributed by atoms with Gasteiger partial charge in [-0.25, -0.2) is 17.5 Å². The van der Waals surface area contributed by atoms with Gasteiger partial charge in [-0.3, -0.25) is 9.59 Å². The van der Waals surface area contributed by atoms with Crippen LogP contribution in [0.25, 0.3) is 5.69 Å². The summed E-state index contributed by atoms with van der Waals surface area (Å²) in [7, 11) is -2.84. The Morgan fingerprint density at radius 3 is 2.69 bits per heavy atom. The zero-order valence-electron chi connectivity index (χ0n) is 21.2. The number of carbonyl (C=O) groups excluding carboxylic acids is 2. The Morgan fingerprint density at radius 1 is 1.10 bits per heavy atom. The Morgan fingerprint density at radius 2 is 1.92 bits per heavy atom. The molecule has 1 saturated heterocycles. The predicted molar refractivity (Wildman–Crippen MR) is 138 cm³/mol. The molecule has 39 heavy (non-hydrogen) atoms. The minimum atomic E-state index is -4.22. The molecule has 0 unspecified atom stereocenters. The maximum absolute atomic E-state index is 14.2. The number of fused-ring (bicyclic) bond motifs is 3. The summed E-state index contributed by atoms with van der Waals surface area (Å²) in [5, 5.41) is 9.65. The average Bonchev–Trinajstić information content (AvgIpc) is 3.60. The molecule has 0 aliphatic carbocycles. The molecule has 206 valence electrons. The highest BCUT2D eigenvalue weighted by molar-refractivity contribution is 7.89. The highest BCUT2D eigenvalue weighted by atomic mass is 32.2. The highest BCUT2D eigenvalue weighted by Gasteiger charge is 2.44. The number of amides is 2. The smallest absolute Gasteiger partial charge is 0.255 e. The molecule has 2 aliphatic rings. The standard InChI is InChI=1S/C26H28FN5O6S/c1-37-23-8-6-18(31-11-2-9-30-31)14-24(23)39(35,36)32-19-4-5-20(32)16-29-26(34)21-13-17(27)3-7-22(21)38-12-10-28-25(33)15-19/h2-3,6-9,11,13-14,19-20H,4-5,10,12,15-16H2,1H3,(H,28,33)(H,29,34)/t19-,20+/m0/s1. The topological polar surface area (TPSA) is 132 Å². The molecule has 2 N–H and O–H groups in total. The molecule has 2 aromatic carbocycles. The van der Waals surface area contributed by atoms with Gasteiger partial charge < -0.3 is 20.1 Å². The van der Waals surface area contributed by atoms with Crippen molar-refractivity contribution in [1.82, 2.24) is 24.7 Å². The van der Waals surface area contributed by atoms with Crippen LogP contribution in [-0.2, 0) is 14.8 Å². The first-order valence-electron chi connectivity index (χ1n) is 12.5. The number of hydrogen-bond acceptors (Lipinski definition) is 7. The van der Waals surface area contributed by atoms with Gasteiger partial charge in [0.1, 0.15) is 28.8 Å². The molecule has 2 bridgehead atoms. The van der Waals surface area contributed by atoms with Crippen LogP contribution >= 0.6 is 0 Å². The van der Waals surface area contributed by atoms with Gasteiger partial charge in [-0.15, -0.1) is 0 Å². The van der Waals surface area contributed by atoms with Gasteiger partial charge in [0.15, 0.2) is 0 Å². The maximum Gasteiger partial charge on any atom is 0.255 e. The molecule has 0 saturated carbocycles. The molecule has 11 nitrogen and oxygen atoms in total. The molecule has 2 atom stereocenters. The summed E-state index contributed by atoms with van der Waals surface area (Å²) in [6, 6.07) is 8.71. The summed E-state index contributed by atoms with van der Waals surface area (Å²) < 4.78 is 56.3. The molecule has 1 fully saturated rings. The number of benzene rings is 2. The monoisotopic (exact) mass is 557 g/mol. The van der Waals surface area contributed by atoms with Crippen molar-refractivity contribution in [3.8, 4) is 17.2 Å². The van der Waals surface area contributed by atoms with E-state index in [-0.39, 0.29) is 54.0 Å². The van der Waals surface area contributed by atoms with Gasteiger partial charge in [0.2, 0.25) is 15.9 Å². The Hall–Kier alpha value is -3.97. The van der Waals surface area contributed by atoms with E-state index in [1.54, 1.807) is 30.6 Å². The molecule has 0 spiro atoms. The van der Waals surface area contributed by atoms with Crippen LogP contribution in [0.15, 0.2) is 59.8 Å². The fourth-order valence-corrected chi connectivity index (χ4v) is 7.05. The van der Waals surface area contributed by atoms with Crippen LogP contribution in [0.5, 0.6) is 11.5 Å². The molecular weight excluding hydrogens is 529 g/mol. The second kappa shape index (κ2) is 11.0. The molecule has 3 heterocycles. The van der Waals surface area contributed by atoms with E-state index in [1.165, 1.54) is 34.3 Å². The number of rotatable bonds is 4. The van der Waals surface area contributed by atoms with E-state index in [2.05, 4.69) is 15.7 Å². The van der Waals surface area contributed by atoms with Gasteiger partial charge >= 0.3 is 0 Å². The lowest BCUT2D eigenvalue weighted by Crippen LogP contribution is -2.48. The Kier molecular flexibility index (Phi) is 7.53. The highest BCUT2D eigenvalue weighted by Crippen LogP contribution is 2.37. The van der Waals surface area contributed by atoms with Gasteiger partial charge in [0.25, 0.3) is 5.91 Å². The lowest BCUT2D eigenvalue weighted by Gasteiger charge is -2.30. The lowest BCUT2D eigenvalue weighted by molar-refractivity contribution is -0.121. The Balaban J connectivity index is 1.52.